The molecule has 1 rings (SSSR count). The molecule has 1 fully saturated rings. The second-order valence-electron chi connectivity index (χ2n) is 4.65. The minimum atomic E-state index is 0.153. The highest BCUT2D eigenvalue weighted by atomic mass is 16.1. The molecule has 0 aromatic heterocycles. The van der Waals surface area contributed by atoms with E-state index in [1.54, 1.807) is 0 Å². The van der Waals surface area contributed by atoms with Crippen molar-refractivity contribution in [2.45, 2.75) is 45.2 Å². The number of piperidine rings is 1. The molecule has 4 heteroatoms. The van der Waals surface area contributed by atoms with Crippen LogP contribution in [0.25, 0.3) is 0 Å². The number of carbonyl (C=O) groups excluding carboxylic acids is 1. The first-order valence-corrected chi connectivity index (χ1v) is 5.85. The van der Waals surface area contributed by atoms with E-state index < -0.39 is 0 Å². The molecule has 0 atom stereocenters. The van der Waals surface area contributed by atoms with Crippen molar-refractivity contribution in [1.82, 2.24) is 10.2 Å². The number of nitrogens with one attached hydrogen (secondary N) is 1. The van der Waals surface area contributed by atoms with Crippen LogP contribution in [0.3, 0.4) is 0 Å². The van der Waals surface area contributed by atoms with Crippen molar-refractivity contribution in [2.24, 2.45) is 5.73 Å². The Labute approximate surface area is 92.2 Å². The van der Waals surface area contributed by atoms with E-state index in [-0.39, 0.29) is 11.9 Å². The van der Waals surface area contributed by atoms with Crippen LogP contribution in [0.1, 0.15) is 33.1 Å². The predicted octanol–water partition coefficient (Wildman–Crippen LogP) is 0.324. The van der Waals surface area contributed by atoms with Crippen LogP contribution in [0.4, 0.5) is 0 Å². The van der Waals surface area contributed by atoms with Gasteiger partial charge in [0.2, 0.25) is 5.91 Å². The quantitative estimate of drug-likeness (QED) is 0.707. The highest BCUT2D eigenvalue weighted by Gasteiger charge is 2.16. The number of nitrogens with two attached hydrogens (primary N) is 1. The molecule has 0 aromatic carbocycles. The van der Waals surface area contributed by atoms with Gasteiger partial charge in [-0.3, -0.25) is 4.79 Å². The summed E-state index contributed by atoms with van der Waals surface area (Å²) in [7, 11) is 0. The molecular formula is C11H23N3O. The van der Waals surface area contributed by atoms with Crippen LogP contribution in [-0.4, -0.2) is 42.5 Å². The highest BCUT2D eigenvalue weighted by Crippen LogP contribution is 2.08. The summed E-state index contributed by atoms with van der Waals surface area (Å²) in [6, 6.07) is 0.609. The summed E-state index contributed by atoms with van der Waals surface area (Å²) in [6.07, 6.45) is 2.73. The lowest BCUT2D eigenvalue weighted by molar-refractivity contribution is -0.121. The Morgan fingerprint density at radius 1 is 1.47 bits per heavy atom. The number of hydrogen-bond donors (Lipinski definition) is 2. The lowest BCUT2D eigenvalue weighted by atomic mass is 10.1. The van der Waals surface area contributed by atoms with Crippen LogP contribution in [0.15, 0.2) is 0 Å². The minimum Gasteiger partial charge on any atom is -0.354 e. The van der Waals surface area contributed by atoms with Crippen LogP contribution in [0.5, 0.6) is 0 Å². The average Bonchev–Trinajstić information content (AvgIpc) is 2.16. The topological polar surface area (TPSA) is 58.4 Å². The van der Waals surface area contributed by atoms with Crippen LogP contribution >= 0.6 is 0 Å². The van der Waals surface area contributed by atoms with Crippen molar-refractivity contribution in [1.29, 1.82) is 0 Å². The lowest BCUT2D eigenvalue weighted by Gasteiger charge is -2.29. The lowest BCUT2D eigenvalue weighted by Crippen LogP contribution is -2.41. The molecule has 0 aliphatic carbocycles. The Balaban J connectivity index is 2.12. The molecular weight excluding hydrogens is 190 g/mol. The van der Waals surface area contributed by atoms with Crippen molar-refractivity contribution < 1.29 is 4.79 Å². The molecule has 4 nitrogen and oxygen atoms in total. The van der Waals surface area contributed by atoms with Crippen molar-refractivity contribution in [2.75, 3.05) is 19.6 Å². The molecule has 1 aliphatic heterocycles. The normalized spacial score (nSPS) is 19.5. The van der Waals surface area contributed by atoms with E-state index in [2.05, 4.69) is 10.2 Å². The molecule has 1 aliphatic rings. The van der Waals surface area contributed by atoms with Crippen LogP contribution in [0, 0.1) is 0 Å². The monoisotopic (exact) mass is 213 g/mol. The Bertz CT molecular complexity index is 198. The van der Waals surface area contributed by atoms with E-state index in [0.29, 0.717) is 12.5 Å². The smallest absolute Gasteiger partial charge is 0.221 e. The first-order valence-electron chi connectivity index (χ1n) is 5.85. The molecule has 0 aromatic rings. The number of amides is 1. The molecule has 0 spiro atoms. The van der Waals surface area contributed by atoms with Gasteiger partial charge in [0, 0.05) is 25.0 Å². The van der Waals surface area contributed by atoms with Crippen LogP contribution in [-0.2, 0) is 4.79 Å². The number of likely N-dealkylation sites (tertiary alicyclic amines) is 1. The van der Waals surface area contributed by atoms with E-state index in [9.17, 15) is 4.79 Å². The third-order valence-corrected chi connectivity index (χ3v) is 2.74. The standard InChI is InChI=1S/C11H23N3O/c1-9(2)13-11(15)5-8-14-6-3-10(12)4-7-14/h9-10H,3-8,12H2,1-2H3,(H,13,15). The van der Waals surface area contributed by atoms with Crippen molar-refractivity contribution in [3.8, 4) is 0 Å². The van der Waals surface area contributed by atoms with Gasteiger partial charge < -0.3 is 16.0 Å². The van der Waals surface area contributed by atoms with Gasteiger partial charge in [-0.05, 0) is 39.8 Å². The molecule has 0 bridgehead atoms. The fourth-order valence-electron chi connectivity index (χ4n) is 1.83. The predicted molar refractivity (Wildman–Crippen MR) is 61.5 cm³/mol. The van der Waals surface area contributed by atoms with Crippen molar-refractivity contribution in [3.63, 3.8) is 0 Å². The highest BCUT2D eigenvalue weighted by molar-refractivity contribution is 5.76. The number of hydrogen-bond acceptors (Lipinski definition) is 3. The van der Waals surface area contributed by atoms with E-state index in [4.69, 9.17) is 5.73 Å². The Hall–Kier alpha value is -0.610. The molecule has 3 N–H and O–H groups in total. The fourth-order valence-corrected chi connectivity index (χ4v) is 1.83. The van der Waals surface area contributed by atoms with E-state index in [1.807, 2.05) is 13.8 Å². The van der Waals surface area contributed by atoms with Gasteiger partial charge in [-0.2, -0.15) is 0 Å². The number of rotatable bonds is 4. The Kier molecular flexibility index (Phi) is 5.05. The molecule has 0 unspecified atom stereocenters. The minimum absolute atomic E-state index is 0.153. The van der Waals surface area contributed by atoms with Gasteiger partial charge in [-0.1, -0.05) is 0 Å². The molecule has 0 radical (unpaired) electrons. The maximum absolute atomic E-state index is 11.4. The van der Waals surface area contributed by atoms with Gasteiger partial charge in [-0.15, -0.1) is 0 Å². The Morgan fingerprint density at radius 2 is 2.07 bits per heavy atom. The third kappa shape index (κ3) is 5.14. The molecule has 0 saturated carbocycles. The number of nitrogens with zero attached hydrogens (tertiary/aromatic N) is 1. The third-order valence-electron chi connectivity index (χ3n) is 2.74. The maximum atomic E-state index is 11.4. The van der Waals surface area contributed by atoms with Gasteiger partial charge in [0.25, 0.3) is 0 Å². The summed E-state index contributed by atoms with van der Waals surface area (Å²) in [5.74, 6) is 0.153. The molecule has 1 heterocycles. The molecule has 1 amide bonds. The average molecular weight is 213 g/mol. The SMILES string of the molecule is CC(C)NC(=O)CCN1CCC(N)CC1. The Morgan fingerprint density at radius 3 is 2.60 bits per heavy atom. The molecule has 88 valence electrons. The second-order valence-corrected chi connectivity index (χ2v) is 4.65. The van der Waals surface area contributed by atoms with E-state index >= 15 is 0 Å². The van der Waals surface area contributed by atoms with Crippen molar-refractivity contribution >= 4 is 5.91 Å². The van der Waals surface area contributed by atoms with Gasteiger partial charge in [0.05, 0.1) is 0 Å². The fraction of sp³-hybridized carbons (Fsp3) is 0.909. The molecule has 1 saturated heterocycles. The zero-order valence-electron chi connectivity index (χ0n) is 9.83. The first kappa shape index (κ1) is 12.5. The largest absolute Gasteiger partial charge is 0.354 e. The summed E-state index contributed by atoms with van der Waals surface area (Å²) in [4.78, 5) is 13.7. The van der Waals surface area contributed by atoms with Crippen LogP contribution < -0.4 is 11.1 Å². The van der Waals surface area contributed by atoms with E-state index in [0.717, 1.165) is 32.5 Å². The summed E-state index contributed by atoms with van der Waals surface area (Å²) in [5, 5.41) is 2.90. The summed E-state index contributed by atoms with van der Waals surface area (Å²) < 4.78 is 0. The van der Waals surface area contributed by atoms with E-state index in [1.165, 1.54) is 0 Å². The molecule has 15 heavy (non-hydrogen) atoms. The second kappa shape index (κ2) is 6.08. The van der Waals surface area contributed by atoms with Crippen LogP contribution in [0.2, 0.25) is 0 Å². The maximum Gasteiger partial charge on any atom is 0.221 e. The zero-order valence-corrected chi connectivity index (χ0v) is 9.83. The van der Waals surface area contributed by atoms with Gasteiger partial charge in [0.1, 0.15) is 0 Å². The summed E-state index contributed by atoms with van der Waals surface area (Å²) in [6.45, 7) is 6.91. The van der Waals surface area contributed by atoms with Gasteiger partial charge in [-0.25, -0.2) is 0 Å². The summed E-state index contributed by atoms with van der Waals surface area (Å²) in [5.41, 5.74) is 5.81. The number of carbonyl (C=O) groups is 1. The zero-order chi connectivity index (χ0) is 11.3. The first-order chi connectivity index (χ1) is 7.08. The summed E-state index contributed by atoms with van der Waals surface area (Å²) >= 11 is 0. The van der Waals surface area contributed by atoms with Crippen molar-refractivity contribution in [3.05, 3.63) is 0 Å². The van der Waals surface area contributed by atoms with Gasteiger partial charge >= 0.3 is 0 Å². The van der Waals surface area contributed by atoms with Gasteiger partial charge in [0.15, 0.2) is 0 Å².